The summed E-state index contributed by atoms with van der Waals surface area (Å²) in [6.07, 6.45) is 4.96. The Hall–Kier alpha value is -0.0000000000000000278. The molecule has 5 heteroatoms. The van der Waals surface area contributed by atoms with E-state index in [2.05, 4.69) is 25.3 Å². The molecule has 0 aromatic carbocycles. The van der Waals surface area contributed by atoms with Crippen molar-refractivity contribution in [2.45, 2.75) is 31.8 Å². The summed E-state index contributed by atoms with van der Waals surface area (Å²) in [6, 6.07) is 0. The lowest BCUT2D eigenvalue weighted by Gasteiger charge is -2.05. The minimum atomic E-state index is 0.461. The fourth-order valence-electron chi connectivity index (χ4n) is 1.49. The highest BCUT2D eigenvalue weighted by Gasteiger charge is 2.15. The van der Waals surface area contributed by atoms with Gasteiger partial charge in [-0.05, 0) is 46.7 Å². The molecule has 1 unspecified atom stereocenters. The molecule has 2 rings (SSSR count). The Kier molecular flexibility index (Phi) is 3.29. The molecule has 1 aliphatic rings. The number of aryl methyl sites for hydroxylation is 1. The maximum atomic E-state index is 5.53. The summed E-state index contributed by atoms with van der Waals surface area (Å²) in [6.45, 7) is 0.935. The molecule has 72 valence electrons. The van der Waals surface area contributed by atoms with Gasteiger partial charge < -0.3 is 4.74 Å². The van der Waals surface area contributed by atoms with Gasteiger partial charge in [-0.1, -0.05) is 0 Å². The Morgan fingerprint density at radius 3 is 3.15 bits per heavy atom. The van der Waals surface area contributed by atoms with Crippen LogP contribution in [0.15, 0.2) is 4.73 Å². The van der Waals surface area contributed by atoms with Gasteiger partial charge in [0, 0.05) is 13.0 Å². The summed E-state index contributed by atoms with van der Waals surface area (Å²) in [5.74, 6) is 0. The summed E-state index contributed by atoms with van der Waals surface area (Å²) in [7, 11) is 0. The van der Waals surface area contributed by atoms with Crippen LogP contribution in [-0.2, 0) is 11.2 Å². The first kappa shape index (κ1) is 9.55. The topological polar surface area (TPSA) is 35.0 Å². The summed E-state index contributed by atoms with van der Waals surface area (Å²) in [5.41, 5.74) is 0. The number of rotatable bonds is 3. The maximum absolute atomic E-state index is 5.53. The van der Waals surface area contributed by atoms with Gasteiger partial charge in [0.1, 0.15) is 5.01 Å². The number of nitrogens with zero attached hydrogens (tertiary/aromatic N) is 2. The van der Waals surface area contributed by atoms with Crippen molar-refractivity contribution in [1.82, 2.24) is 9.36 Å². The number of ether oxygens (including phenoxy) is 1. The van der Waals surface area contributed by atoms with Crippen LogP contribution in [-0.4, -0.2) is 22.1 Å². The standard InChI is InChI=1S/C8H11BrN2OS/c9-8-10-7(13-11-8)4-3-6-2-1-5-12-6/h6H,1-5H2. The third kappa shape index (κ3) is 2.72. The van der Waals surface area contributed by atoms with Gasteiger partial charge in [0.25, 0.3) is 0 Å². The van der Waals surface area contributed by atoms with Gasteiger partial charge >= 0.3 is 0 Å². The Balaban J connectivity index is 1.78. The molecular weight excluding hydrogens is 252 g/mol. The van der Waals surface area contributed by atoms with Gasteiger partial charge in [-0.2, -0.15) is 4.37 Å². The largest absolute Gasteiger partial charge is 0.378 e. The van der Waals surface area contributed by atoms with Crippen LogP contribution in [0.25, 0.3) is 0 Å². The zero-order valence-electron chi connectivity index (χ0n) is 7.20. The van der Waals surface area contributed by atoms with Crippen molar-refractivity contribution in [3.63, 3.8) is 0 Å². The fourth-order valence-corrected chi connectivity index (χ4v) is 2.60. The first-order valence-corrected chi connectivity index (χ1v) is 6.01. The smallest absolute Gasteiger partial charge is 0.209 e. The van der Waals surface area contributed by atoms with E-state index in [1.807, 2.05) is 0 Å². The van der Waals surface area contributed by atoms with Gasteiger partial charge in [-0.25, -0.2) is 4.98 Å². The molecule has 2 heterocycles. The zero-order valence-corrected chi connectivity index (χ0v) is 9.60. The van der Waals surface area contributed by atoms with Crippen LogP contribution in [0.1, 0.15) is 24.3 Å². The van der Waals surface area contributed by atoms with E-state index in [9.17, 15) is 0 Å². The van der Waals surface area contributed by atoms with E-state index in [1.165, 1.54) is 24.4 Å². The van der Waals surface area contributed by atoms with E-state index in [0.717, 1.165) is 24.5 Å². The lowest BCUT2D eigenvalue weighted by molar-refractivity contribution is 0.104. The molecular formula is C8H11BrN2OS. The lowest BCUT2D eigenvalue weighted by atomic mass is 10.1. The zero-order chi connectivity index (χ0) is 9.10. The second-order valence-electron chi connectivity index (χ2n) is 3.13. The Morgan fingerprint density at radius 1 is 1.62 bits per heavy atom. The monoisotopic (exact) mass is 262 g/mol. The fraction of sp³-hybridized carbons (Fsp3) is 0.750. The molecule has 3 nitrogen and oxygen atoms in total. The van der Waals surface area contributed by atoms with Crippen molar-refractivity contribution in [2.24, 2.45) is 0 Å². The van der Waals surface area contributed by atoms with E-state index in [-0.39, 0.29) is 0 Å². The third-order valence-corrected chi connectivity index (χ3v) is 3.51. The van der Waals surface area contributed by atoms with Crippen LogP contribution in [0.5, 0.6) is 0 Å². The van der Waals surface area contributed by atoms with Gasteiger partial charge in [-0.3, -0.25) is 0 Å². The minimum absolute atomic E-state index is 0.461. The summed E-state index contributed by atoms with van der Waals surface area (Å²) < 4.78 is 10.3. The molecule has 0 radical (unpaired) electrons. The quantitative estimate of drug-likeness (QED) is 0.840. The van der Waals surface area contributed by atoms with E-state index < -0.39 is 0 Å². The van der Waals surface area contributed by atoms with Gasteiger partial charge in [0.15, 0.2) is 0 Å². The van der Waals surface area contributed by atoms with Crippen molar-refractivity contribution < 1.29 is 4.74 Å². The van der Waals surface area contributed by atoms with Crippen LogP contribution < -0.4 is 0 Å². The molecule has 0 amide bonds. The number of halogens is 1. The molecule has 0 saturated carbocycles. The van der Waals surface area contributed by atoms with E-state index in [4.69, 9.17) is 4.74 Å². The second kappa shape index (κ2) is 4.48. The molecule has 1 fully saturated rings. The van der Waals surface area contributed by atoms with Crippen LogP contribution in [0, 0.1) is 0 Å². The molecule has 1 aromatic heterocycles. The van der Waals surface area contributed by atoms with Gasteiger partial charge in [-0.15, -0.1) is 0 Å². The average Bonchev–Trinajstić information content (AvgIpc) is 2.71. The molecule has 13 heavy (non-hydrogen) atoms. The predicted molar refractivity (Wildman–Crippen MR) is 54.9 cm³/mol. The van der Waals surface area contributed by atoms with Crippen LogP contribution in [0.4, 0.5) is 0 Å². The highest BCUT2D eigenvalue weighted by molar-refractivity contribution is 9.10. The van der Waals surface area contributed by atoms with E-state index in [0.29, 0.717) is 10.8 Å². The first-order chi connectivity index (χ1) is 6.34. The average molecular weight is 263 g/mol. The summed E-state index contributed by atoms with van der Waals surface area (Å²) in [4.78, 5) is 4.24. The first-order valence-electron chi connectivity index (χ1n) is 4.44. The highest BCUT2D eigenvalue weighted by atomic mass is 79.9. The molecule has 1 aliphatic heterocycles. The Bertz CT molecular complexity index is 273. The molecule has 1 aromatic rings. The molecule has 0 spiro atoms. The summed E-state index contributed by atoms with van der Waals surface area (Å²) in [5, 5.41) is 1.10. The van der Waals surface area contributed by atoms with Crippen LogP contribution in [0.2, 0.25) is 0 Å². The van der Waals surface area contributed by atoms with Crippen LogP contribution >= 0.6 is 27.5 Å². The van der Waals surface area contributed by atoms with Crippen molar-refractivity contribution in [3.05, 3.63) is 9.74 Å². The SMILES string of the molecule is Brc1nsc(CCC2CCCO2)n1. The van der Waals surface area contributed by atoms with E-state index >= 15 is 0 Å². The predicted octanol–water partition coefficient (Wildman–Crippen LogP) is 2.41. The van der Waals surface area contributed by atoms with E-state index in [1.54, 1.807) is 0 Å². The van der Waals surface area contributed by atoms with Crippen molar-refractivity contribution >= 4 is 27.5 Å². The molecule has 0 aliphatic carbocycles. The molecule has 0 bridgehead atoms. The lowest BCUT2D eigenvalue weighted by Crippen LogP contribution is -2.05. The van der Waals surface area contributed by atoms with Crippen LogP contribution in [0.3, 0.4) is 0 Å². The molecule has 1 atom stereocenters. The summed E-state index contributed by atoms with van der Waals surface area (Å²) >= 11 is 4.71. The van der Waals surface area contributed by atoms with Crippen molar-refractivity contribution in [1.29, 1.82) is 0 Å². The molecule has 1 saturated heterocycles. The molecule has 0 N–H and O–H groups in total. The second-order valence-corrected chi connectivity index (χ2v) is 4.68. The third-order valence-electron chi connectivity index (χ3n) is 2.15. The Morgan fingerprint density at radius 2 is 2.54 bits per heavy atom. The number of aromatic nitrogens is 2. The number of hydrogen-bond donors (Lipinski definition) is 0. The van der Waals surface area contributed by atoms with Crippen molar-refractivity contribution in [2.75, 3.05) is 6.61 Å². The Labute approximate surface area is 89.8 Å². The minimum Gasteiger partial charge on any atom is -0.378 e. The normalized spacial score (nSPS) is 22.4. The number of hydrogen-bond acceptors (Lipinski definition) is 4. The van der Waals surface area contributed by atoms with Crippen molar-refractivity contribution in [3.8, 4) is 0 Å². The maximum Gasteiger partial charge on any atom is 0.209 e. The van der Waals surface area contributed by atoms with Gasteiger partial charge in [0.2, 0.25) is 4.73 Å². The highest BCUT2D eigenvalue weighted by Crippen LogP contribution is 2.19. The van der Waals surface area contributed by atoms with Gasteiger partial charge in [0.05, 0.1) is 6.10 Å².